The zero-order valence-corrected chi connectivity index (χ0v) is 17.0. The van der Waals surface area contributed by atoms with Gasteiger partial charge in [0.15, 0.2) is 6.61 Å². The third kappa shape index (κ3) is 5.34. The minimum absolute atomic E-state index is 0.0239. The molecule has 0 unspecified atom stereocenters. The zero-order chi connectivity index (χ0) is 21.7. The first-order valence-corrected chi connectivity index (χ1v) is 10.00. The highest BCUT2D eigenvalue weighted by Crippen LogP contribution is 2.31. The maximum atomic E-state index is 12.3. The Morgan fingerprint density at radius 1 is 1.20 bits per heavy atom. The fraction of sp³-hybridized carbons (Fsp3) is 0.364. The van der Waals surface area contributed by atoms with E-state index in [9.17, 15) is 19.7 Å². The second-order valence-corrected chi connectivity index (χ2v) is 7.43. The fourth-order valence-corrected chi connectivity index (χ4v) is 3.04. The molecule has 2 aromatic rings. The van der Waals surface area contributed by atoms with Gasteiger partial charge in [0.2, 0.25) is 0 Å². The number of carbonyl (C=O) groups is 2. The maximum absolute atomic E-state index is 12.3. The topological polar surface area (TPSA) is 111 Å². The van der Waals surface area contributed by atoms with Crippen molar-refractivity contribution in [1.82, 2.24) is 0 Å². The van der Waals surface area contributed by atoms with E-state index in [0.717, 1.165) is 24.8 Å². The van der Waals surface area contributed by atoms with Gasteiger partial charge in [-0.1, -0.05) is 32.0 Å². The fourth-order valence-electron chi connectivity index (χ4n) is 3.04. The molecule has 0 radical (unpaired) electrons. The SMILES string of the molecule is CC[C@H](C)c1ccccc1NC(=O)COC(=O)c1ccc(NC2CC2)c([N+](=O)[O-])c1. The number of nitro groups is 1. The molecule has 8 heteroatoms. The van der Waals surface area contributed by atoms with Crippen LogP contribution in [0.1, 0.15) is 54.9 Å². The molecule has 8 nitrogen and oxygen atoms in total. The Morgan fingerprint density at radius 3 is 2.60 bits per heavy atom. The van der Waals surface area contributed by atoms with Crippen LogP contribution in [0.2, 0.25) is 0 Å². The summed E-state index contributed by atoms with van der Waals surface area (Å²) in [6.45, 7) is 3.65. The molecule has 0 aliphatic heterocycles. The van der Waals surface area contributed by atoms with E-state index in [-0.39, 0.29) is 23.2 Å². The number of esters is 1. The Kier molecular flexibility index (Phi) is 6.66. The van der Waals surface area contributed by atoms with Gasteiger partial charge in [0.25, 0.3) is 11.6 Å². The predicted molar refractivity (Wildman–Crippen MR) is 114 cm³/mol. The van der Waals surface area contributed by atoms with Gasteiger partial charge in [-0.15, -0.1) is 0 Å². The third-order valence-electron chi connectivity index (χ3n) is 5.08. The van der Waals surface area contributed by atoms with Crippen molar-refractivity contribution in [3.63, 3.8) is 0 Å². The highest BCUT2D eigenvalue weighted by Gasteiger charge is 2.26. The standard InChI is InChI=1S/C22H25N3O5/c1-3-14(2)17-6-4-5-7-18(17)24-21(26)13-30-22(27)15-8-11-19(23-16-9-10-16)20(12-15)25(28)29/h4-8,11-12,14,16,23H,3,9-10,13H2,1-2H3,(H,24,26)/t14-/m0/s1. The highest BCUT2D eigenvalue weighted by molar-refractivity contribution is 5.96. The largest absolute Gasteiger partial charge is 0.452 e. The molecule has 3 rings (SSSR count). The summed E-state index contributed by atoms with van der Waals surface area (Å²) < 4.78 is 5.06. The van der Waals surface area contributed by atoms with Crippen molar-refractivity contribution in [2.45, 2.75) is 45.1 Å². The number of hydrogen-bond donors (Lipinski definition) is 2. The van der Waals surface area contributed by atoms with E-state index < -0.39 is 23.4 Å². The lowest BCUT2D eigenvalue weighted by Crippen LogP contribution is -2.22. The Labute approximate surface area is 174 Å². The minimum atomic E-state index is -0.790. The van der Waals surface area contributed by atoms with Gasteiger partial charge in [0, 0.05) is 17.8 Å². The molecule has 2 aromatic carbocycles. The molecule has 30 heavy (non-hydrogen) atoms. The number of hydrogen-bond acceptors (Lipinski definition) is 6. The number of para-hydroxylation sites is 1. The molecule has 0 bridgehead atoms. The lowest BCUT2D eigenvalue weighted by Gasteiger charge is -2.15. The molecule has 0 saturated heterocycles. The van der Waals surface area contributed by atoms with Crippen LogP contribution in [0, 0.1) is 10.1 Å². The number of amides is 1. The van der Waals surface area contributed by atoms with Crippen molar-refractivity contribution in [2.24, 2.45) is 0 Å². The summed E-state index contributed by atoms with van der Waals surface area (Å²) >= 11 is 0. The van der Waals surface area contributed by atoms with Crippen LogP contribution in [0.15, 0.2) is 42.5 Å². The molecule has 158 valence electrons. The first kappa shape index (κ1) is 21.3. The van der Waals surface area contributed by atoms with E-state index in [1.54, 1.807) is 6.07 Å². The molecule has 1 amide bonds. The number of nitro benzene ring substituents is 1. The molecule has 2 N–H and O–H groups in total. The summed E-state index contributed by atoms with van der Waals surface area (Å²) in [6, 6.07) is 11.8. The Balaban J connectivity index is 1.62. The third-order valence-corrected chi connectivity index (χ3v) is 5.08. The molecule has 1 fully saturated rings. The normalized spacial score (nSPS) is 13.9. The van der Waals surface area contributed by atoms with E-state index in [2.05, 4.69) is 24.5 Å². The van der Waals surface area contributed by atoms with Gasteiger partial charge in [0.05, 0.1) is 10.5 Å². The van der Waals surface area contributed by atoms with Crippen molar-refractivity contribution >= 4 is 28.9 Å². The highest BCUT2D eigenvalue weighted by atomic mass is 16.6. The van der Waals surface area contributed by atoms with Gasteiger partial charge in [-0.2, -0.15) is 0 Å². The molecule has 1 aliphatic carbocycles. The van der Waals surface area contributed by atoms with E-state index in [4.69, 9.17) is 4.74 Å². The van der Waals surface area contributed by atoms with Crippen molar-refractivity contribution in [3.05, 3.63) is 63.7 Å². The molecule has 0 spiro atoms. The van der Waals surface area contributed by atoms with E-state index in [1.807, 2.05) is 18.2 Å². The van der Waals surface area contributed by atoms with E-state index >= 15 is 0 Å². The molecular formula is C22H25N3O5. The summed E-state index contributed by atoms with van der Waals surface area (Å²) in [5.74, 6) is -0.991. The molecule has 1 atom stereocenters. The summed E-state index contributed by atoms with van der Waals surface area (Å²) in [4.78, 5) is 35.3. The Morgan fingerprint density at radius 2 is 1.93 bits per heavy atom. The van der Waals surface area contributed by atoms with Gasteiger partial charge >= 0.3 is 5.97 Å². The van der Waals surface area contributed by atoms with Crippen LogP contribution in [-0.4, -0.2) is 29.4 Å². The van der Waals surface area contributed by atoms with Crippen LogP contribution in [0.3, 0.4) is 0 Å². The summed E-state index contributed by atoms with van der Waals surface area (Å²) in [5.41, 5.74) is 1.89. The molecular weight excluding hydrogens is 386 g/mol. The van der Waals surface area contributed by atoms with Crippen molar-refractivity contribution in [2.75, 3.05) is 17.2 Å². The van der Waals surface area contributed by atoms with Crippen LogP contribution in [0.5, 0.6) is 0 Å². The summed E-state index contributed by atoms with van der Waals surface area (Å²) in [7, 11) is 0. The van der Waals surface area contributed by atoms with Crippen LogP contribution in [-0.2, 0) is 9.53 Å². The van der Waals surface area contributed by atoms with Gasteiger partial charge in [0.1, 0.15) is 5.69 Å². The zero-order valence-electron chi connectivity index (χ0n) is 17.0. The number of nitrogens with zero attached hydrogens (tertiary/aromatic N) is 1. The van der Waals surface area contributed by atoms with Crippen LogP contribution in [0.25, 0.3) is 0 Å². The number of anilines is 2. The number of ether oxygens (including phenoxy) is 1. The van der Waals surface area contributed by atoms with Crippen LogP contribution >= 0.6 is 0 Å². The Bertz CT molecular complexity index is 956. The average molecular weight is 411 g/mol. The first-order chi connectivity index (χ1) is 14.4. The molecule has 0 aromatic heterocycles. The Hall–Kier alpha value is -3.42. The number of benzene rings is 2. The van der Waals surface area contributed by atoms with Gasteiger partial charge in [-0.05, 0) is 48.9 Å². The maximum Gasteiger partial charge on any atom is 0.338 e. The van der Waals surface area contributed by atoms with E-state index in [1.165, 1.54) is 18.2 Å². The minimum Gasteiger partial charge on any atom is -0.452 e. The van der Waals surface area contributed by atoms with E-state index in [0.29, 0.717) is 11.4 Å². The predicted octanol–water partition coefficient (Wildman–Crippen LogP) is 4.48. The van der Waals surface area contributed by atoms with Crippen LogP contribution in [0.4, 0.5) is 17.1 Å². The number of carbonyl (C=O) groups excluding carboxylic acids is 2. The summed E-state index contributed by atoms with van der Waals surface area (Å²) in [5, 5.41) is 17.2. The quantitative estimate of drug-likeness (QED) is 0.358. The number of rotatable bonds is 9. The average Bonchev–Trinajstić information content (AvgIpc) is 3.56. The molecule has 1 saturated carbocycles. The van der Waals surface area contributed by atoms with Crippen LogP contribution < -0.4 is 10.6 Å². The lowest BCUT2D eigenvalue weighted by atomic mass is 9.97. The van der Waals surface area contributed by atoms with Gasteiger partial charge in [-0.25, -0.2) is 4.79 Å². The van der Waals surface area contributed by atoms with Crippen molar-refractivity contribution < 1.29 is 19.2 Å². The first-order valence-electron chi connectivity index (χ1n) is 10.00. The number of nitrogens with one attached hydrogen (secondary N) is 2. The lowest BCUT2D eigenvalue weighted by molar-refractivity contribution is -0.384. The monoisotopic (exact) mass is 411 g/mol. The van der Waals surface area contributed by atoms with Crippen molar-refractivity contribution in [1.29, 1.82) is 0 Å². The van der Waals surface area contributed by atoms with Gasteiger partial charge in [-0.3, -0.25) is 14.9 Å². The summed E-state index contributed by atoms with van der Waals surface area (Å²) in [6.07, 6.45) is 2.86. The second kappa shape index (κ2) is 9.39. The second-order valence-electron chi connectivity index (χ2n) is 7.43. The molecule has 1 aliphatic rings. The smallest absolute Gasteiger partial charge is 0.338 e. The molecule has 0 heterocycles. The van der Waals surface area contributed by atoms with Crippen molar-refractivity contribution in [3.8, 4) is 0 Å². The van der Waals surface area contributed by atoms with Gasteiger partial charge < -0.3 is 15.4 Å².